The highest BCUT2D eigenvalue weighted by atomic mass is 35.5. The van der Waals surface area contributed by atoms with Gasteiger partial charge in [0.1, 0.15) is 11.3 Å². The molecule has 12 heteroatoms. The van der Waals surface area contributed by atoms with Gasteiger partial charge in [-0.05, 0) is 30.3 Å². The summed E-state index contributed by atoms with van der Waals surface area (Å²) in [6, 6.07) is 9.95. The van der Waals surface area contributed by atoms with Gasteiger partial charge in [0.25, 0.3) is 5.91 Å². The normalized spacial score (nSPS) is 11.2. The number of carboxylic acids is 1. The van der Waals surface area contributed by atoms with E-state index in [1.807, 2.05) is 0 Å². The van der Waals surface area contributed by atoms with Crippen molar-refractivity contribution in [3.05, 3.63) is 64.8 Å². The number of nitrogens with zero attached hydrogens (tertiary/aromatic N) is 2. The standard InChI is InChI=1S/C19H13ClF3N3O5/c20-12-3-1-2-4-13(12)26-17(8-15(25-26)19(21,22)23)31-9-16(28)24-10-5-6-14(27)11(7-10)18(29)30/h1-8,27H,9H2,(H,24,28)(H,29,30). The number of rotatable bonds is 6. The van der Waals surface area contributed by atoms with Gasteiger partial charge in [0, 0.05) is 11.8 Å². The van der Waals surface area contributed by atoms with Gasteiger partial charge in [0.15, 0.2) is 12.3 Å². The van der Waals surface area contributed by atoms with Crippen molar-refractivity contribution in [3.8, 4) is 17.3 Å². The zero-order chi connectivity index (χ0) is 22.8. The highest BCUT2D eigenvalue weighted by Gasteiger charge is 2.36. The maximum atomic E-state index is 13.1. The number of benzene rings is 2. The van der Waals surface area contributed by atoms with Crippen LogP contribution in [0.4, 0.5) is 18.9 Å². The molecule has 162 valence electrons. The molecule has 0 bridgehead atoms. The topological polar surface area (TPSA) is 114 Å². The van der Waals surface area contributed by atoms with Crippen molar-refractivity contribution in [2.75, 3.05) is 11.9 Å². The van der Waals surface area contributed by atoms with E-state index in [9.17, 15) is 27.9 Å². The molecule has 8 nitrogen and oxygen atoms in total. The maximum Gasteiger partial charge on any atom is 0.435 e. The number of alkyl halides is 3. The third-order valence-electron chi connectivity index (χ3n) is 3.91. The van der Waals surface area contributed by atoms with Gasteiger partial charge in [-0.2, -0.15) is 23.0 Å². The Labute approximate surface area is 177 Å². The molecule has 0 aliphatic heterocycles. The number of aromatic nitrogens is 2. The van der Waals surface area contributed by atoms with Crippen LogP contribution < -0.4 is 10.1 Å². The van der Waals surface area contributed by atoms with E-state index in [1.54, 1.807) is 6.07 Å². The van der Waals surface area contributed by atoms with E-state index < -0.39 is 41.7 Å². The smallest absolute Gasteiger partial charge is 0.435 e. The van der Waals surface area contributed by atoms with Crippen LogP contribution in [0, 0.1) is 0 Å². The van der Waals surface area contributed by atoms with Crippen LogP contribution in [0.2, 0.25) is 5.02 Å². The number of aromatic hydroxyl groups is 1. The molecule has 0 atom stereocenters. The second-order valence-corrected chi connectivity index (χ2v) is 6.51. The van der Waals surface area contributed by atoms with Gasteiger partial charge in [0.2, 0.25) is 5.88 Å². The van der Waals surface area contributed by atoms with Gasteiger partial charge < -0.3 is 20.3 Å². The zero-order valence-corrected chi connectivity index (χ0v) is 16.1. The van der Waals surface area contributed by atoms with Crippen molar-refractivity contribution in [1.29, 1.82) is 0 Å². The Hall–Kier alpha value is -3.73. The fraction of sp³-hybridized carbons (Fsp3) is 0.105. The molecule has 0 aliphatic carbocycles. The second kappa shape index (κ2) is 8.56. The Bertz CT molecular complexity index is 1150. The summed E-state index contributed by atoms with van der Waals surface area (Å²) in [7, 11) is 0. The van der Waals surface area contributed by atoms with E-state index in [4.69, 9.17) is 21.4 Å². The summed E-state index contributed by atoms with van der Waals surface area (Å²) in [4.78, 5) is 23.2. The molecule has 3 rings (SSSR count). The number of hydrogen-bond donors (Lipinski definition) is 3. The minimum atomic E-state index is -4.76. The molecular formula is C19H13ClF3N3O5. The first-order valence-corrected chi connectivity index (χ1v) is 8.85. The van der Waals surface area contributed by atoms with Crippen molar-refractivity contribution in [2.45, 2.75) is 6.18 Å². The van der Waals surface area contributed by atoms with Gasteiger partial charge in [-0.1, -0.05) is 23.7 Å². The fourth-order valence-electron chi connectivity index (χ4n) is 2.52. The van der Waals surface area contributed by atoms with Crippen molar-refractivity contribution < 1.29 is 37.7 Å². The van der Waals surface area contributed by atoms with E-state index in [1.165, 1.54) is 24.3 Å². The molecule has 1 heterocycles. The molecule has 3 aromatic rings. The molecule has 3 N–H and O–H groups in total. The van der Waals surface area contributed by atoms with E-state index in [0.717, 1.165) is 16.8 Å². The molecule has 2 aromatic carbocycles. The summed E-state index contributed by atoms with van der Waals surface area (Å²) in [6.07, 6.45) is -4.76. The summed E-state index contributed by atoms with van der Waals surface area (Å²) in [5.74, 6) is -3.08. The molecule has 0 spiro atoms. The number of hydrogen-bond acceptors (Lipinski definition) is 5. The number of aromatic carboxylic acids is 1. The summed E-state index contributed by atoms with van der Waals surface area (Å²) < 4.78 is 45.4. The van der Waals surface area contributed by atoms with Crippen molar-refractivity contribution in [2.24, 2.45) is 0 Å². The van der Waals surface area contributed by atoms with E-state index >= 15 is 0 Å². The average Bonchev–Trinajstić information content (AvgIpc) is 3.12. The molecule has 0 saturated carbocycles. The molecule has 1 amide bonds. The molecule has 0 fully saturated rings. The number of phenols is 1. The lowest BCUT2D eigenvalue weighted by atomic mass is 10.2. The fourth-order valence-corrected chi connectivity index (χ4v) is 2.74. The highest BCUT2D eigenvalue weighted by Crippen LogP contribution is 2.33. The summed E-state index contributed by atoms with van der Waals surface area (Å²) in [5.41, 5.74) is -1.53. The van der Waals surface area contributed by atoms with Crippen LogP contribution in [0.1, 0.15) is 16.1 Å². The van der Waals surface area contributed by atoms with E-state index in [-0.39, 0.29) is 22.3 Å². The monoisotopic (exact) mass is 455 g/mol. The van der Waals surface area contributed by atoms with Gasteiger partial charge in [-0.25, -0.2) is 4.79 Å². The largest absolute Gasteiger partial charge is 0.507 e. The predicted molar refractivity (Wildman–Crippen MR) is 103 cm³/mol. The molecule has 31 heavy (non-hydrogen) atoms. The zero-order valence-electron chi connectivity index (χ0n) is 15.4. The van der Waals surface area contributed by atoms with Crippen LogP contribution >= 0.6 is 11.6 Å². The first-order chi connectivity index (χ1) is 14.6. The average molecular weight is 456 g/mol. The van der Waals surface area contributed by atoms with Crippen LogP contribution in [0.25, 0.3) is 5.69 Å². The number of carbonyl (C=O) groups is 2. The molecule has 0 aliphatic rings. The number of amides is 1. The maximum absolute atomic E-state index is 13.1. The lowest BCUT2D eigenvalue weighted by Gasteiger charge is -2.11. The number of carbonyl (C=O) groups excluding carboxylic acids is 1. The minimum absolute atomic E-state index is 0.0411. The Kier molecular flexibility index (Phi) is 6.07. The molecular weight excluding hydrogens is 443 g/mol. The third-order valence-corrected chi connectivity index (χ3v) is 4.23. The number of ether oxygens (including phenoxy) is 1. The number of carboxylic acid groups (broad SMARTS) is 1. The quantitative estimate of drug-likeness (QED) is 0.485. The van der Waals surface area contributed by atoms with Gasteiger partial charge >= 0.3 is 12.1 Å². The molecule has 1 aromatic heterocycles. The Morgan fingerprint density at radius 2 is 1.87 bits per heavy atom. The Morgan fingerprint density at radius 3 is 2.52 bits per heavy atom. The van der Waals surface area contributed by atoms with Crippen molar-refractivity contribution in [1.82, 2.24) is 9.78 Å². The molecule has 0 radical (unpaired) electrons. The summed E-state index contributed by atoms with van der Waals surface area (Å²) in [6.45, 7) is -0.712. The Morgan fingerprint density at radius 1 is 1.16 bits per heavy atom. The van der Waals surface area contributed by atoms with Crippen LogP contribution in [0.15, 0.2) is 48.5 Å². The first-order valence-electron chi connectivity index (χ1n) is 8.47. The second-order valence-electron chi connectivity index (χ2n) is 6.10. The Balaban J connectivity index is 1.80. The van der Waals surface area contributed by atoms with Crippen LogP contribution in [0.3, 0.4) is 0 Å². The van der Waals surface area contributed by atoms with E-state index in [0.29, 0.717) is 6.07 Å². The number of anilines is 1. The van der Waals surface area contributed by atoms with Crippen molar-refractivity contribution in [3.63, 3.8) is 0 Å². The van der Waals surface area contributed by atoms with Gasteiger partial charge in [-0.3, -0.25) is 4.79 Å². The SMILES string of the molecule is O=C(COc1cc(C(F)(F)F)nn1-c1ccccc1Cl)Nc1ccc(O)c(C(=O)O)c1. The number of para-hydroxylation sites is 1. The van der Waals surface area contributed by atoms with Crippen LogP contribution in [-0.2, 0) is 11.0 Å². The van der Waals surface area contributed by atoms with Gasteiger partial charge in [0.05, 0.1) is 10.7 Å². The number of nitrogens with one attached hydrogen (secondary N) is 1. The van der Waals surface area contributed by atoms with Gasteiger partial charge in [-0.15, -0.1) is 0 Å². The lowest BCUT2D eigenvalue weighted by Crippen LogP contribution is -2.21. The lowest BCUT2D eigenvalue weighted by molar-refractivity contribution is -0.141. The minimum Gasteiger partial charge on any atom is -0.507 e. The highest BCUT2D eigenvalue weighted by molar-refractivity contribution is 6.32. The van der Waals surface area contributed by atoms with Crippen molar-refractivity contribution >= 4 is 29.2 Å². The predicted octanol–water partition coefficient (Wildman–Crippen LogP) is 3.97. The molecule has 0 unspecified atom stereocenters. The third kappa shape index (κ3) is 5.07. The number of halogens is 4. The van der Waals surface area contributed by atoms with Crippen LogP contribution in [-0.4, -0.2) is 38.5 Å². The van der Waals surface area contributed by atoms with Crippen LogP contribution in [0.5, 0.6) is 11.6 Å². The first kappa shape index (κ1) is 22.0. The summed E-state index contributed by atoms with van der Waals surface area (Å²) in [5, 5.41) is 24.4. The molecule has 0 saturated heterocycles. The van der Waals surface area contributed by atoms with E-state index in [2.05, 4.69) is 10.4 Å². The summed E-state index contributed by atoms with van der Waals surface area (Å²) >= 11 is 6.03.